The molecule has 0 N–H and O–H groups in total. The summed E-state index contributed by atoms with van der Waals surface area (Å²) in [4.78, 5) is 30.4. The zero-order valence-corrected chi connectivity index (χ0v) is 15.8. The summed E-state index contributed by atoms with van der Waals surface area (Å²) in [5, 5.41) is 0.329. The molecule has 2 fully saturated rings. The Morgan fingerprint density at radius 3 is 2.38 bits per heavy atom. The molecule has 0 bridgehead atoms. The summed E-state index contributed by atoms with van der Waals surface area (Å²) in [6.45, 7) is 3.02. The van der Waals surface area contributed by atoms with Crippen LogP contribution in [0.3, 0.4) is 0 Å². The van der Waals surface area contributed by atoms with Gasteiger partial charge >= 0.3 is 6.03 Å². The molecule has 3 rings (SSSR count). The Kier molecular flexibility index (Phi) is 6.01. The van der Waals surface area contributed by atoms with Gasteiger partial charge in [-0.2, -0.15) is 0 Å². The summed E-state index contributed by atoms with van der Waals surface area (Å²) >= 11 is 6.05. The second-order valence-corrected chi connectivity index (χ2v) is 7.54. The van der Waals surface area contributed by atoms with Crippen molar-refractivity contribution in [2.24, 2.45) is 5.92 Å². The smallest absolute Gasteiger partial charge is 0.319 e. The number of piperidine rings is 1. The van der Waals surface area contributed by atoms with Crippen LogP contribution in [0.25, 0.3) is 0 Å². The first-order chi connectivity index (χ1) is 12.5. The van der Waals surface area contributed by atoms with Gasteiger partial charge in [0, 0.05) is 56.3 Å². The molecule has 2 heterocycles. The van der Waals surface area contributed by atoms with Gasteiger partial charge in [0.25, 0.3) is 0 Å². The molecule has 2 saturated heterocycles. The highest BCUT2D eigenvalue weighted by Crippen LogP contribution is 2.24. The maximum atomic E-state index is 13.9. The van der Waals surface area contributed by atoms with Gasteiger partial charge < -0.3 is 14.7 Å². The van der Waals surface area contributed by atoms with Crippen LogP contribution in [0.15, 0.2) is 18.2 Å². The number of carbonyl (C=O) groups is 2. The van der Waals surface area contributed by atoms with Crippen molar-refractivity contribution in [3.05, 3.63) is 34.6 Å². The zero-order valence-electron chi connectivity index (χ0n) is 15.1. The highest BCUT2D eigenvalue weighted by atomic mass is 35.5. The second-order valence-electron chi connectivity index (χ2n) is 7.13. The standard InChI is InChI=1S/C19H25ClFN3O2/c1-22(13-15-16(20)5-4-6-17(15)21)18(25)14-7-11-24(12-8-14)19(26)23-9-2-3-10-23/h4-6,14H,2-3,7-13H2,1H3. The van der Waals surface area contributed by atoms with Crippen LogP contribution in [-0.2, 0) is 11.3 Å². The minimum absolute atomic E-state index is 0.0161. The Hall–Kier alpha value is -1.82. The van der Waals surface area contributed by atoms with Crippen molar-refractivity contribution >= 4 is 23.5 Å². The third kappa shape index (κ3) is 4.11. The number of likely N-dealkylation sites (tertiary alicyclic amines) is 2. The quantitative estimate of drug-likeness (QED) is 0.805. The zero-order chi connectivity index (χ0) is 18.7. The summed E-state index contributed by atoms with van der Waals surface area (Å²) < 4.78 is 13.9. The third-order valence-corrected chi connectivity index (χ3v) is 5.68. The molecule has 0 aliphatic carbocycles. The minimum atomic E-state index is -0.400. The van der Waals surface area contributed by atoms with Crippen molar-refractivity contribution in [2.75, 3.05) is 33.2 Å². The Bertz CT molecular complexity index is 650. The maximum Gasteiger partial charge on any atom is 0.319 e. The molecule has 2 aliphatic heterocycles. The van der Waals surface area contributed by atoms with Gasteiger partial charge in [-0.05, 0) is 37.8 Å². The Balaban J connectivity index is 1.53. The molecule has 3 amide bonds. The van der Waals surface area contributed by atoms with Crippen LogP contribution in [0.4, 0.5) is 9.18 Å². The lowest BCUT2D eigenvalue weighted by Crippen LogP contribution is -2.47. The summed E-state index contributed by atoms with van der Waals surface area (Å²) in [5.74, 6) is -0.547. The van der Waals surface area contributed by atoms with E-state index in [2.05, 4.69) is 0 Å². The first kappa shape index (κ1) is 19.0. The lowest BCUT2D eigenvalue weighted by atomic mass is 9.95. The molecule has 2 aliphatic rings. The van der Waals surface area contributed by atoms with Crippen molar-refractivity contribution in [3.63, 3.8) is 0 Å². The molecule has 142 valence electrons. The molecular formula is C19H25ClFN3O2. The average Bonchev–Trinajstić information content (AvgIpc) is 3.18. The van der Waals surface area contributed by atoms with Crippen LogP contribution in [0.1, 0.15) is 31.2 Å². The maximum absolute atomic E-state index is 13.9. The number of benzene rings is 1. The molecule has 1 aromatic carbocycles. The van der Waals surface area contributed by atoms with Gasteiger partial charge in [0.05, 0.1) is 0 Å². The lowest BCUT2D eigenvalue weighted by Gasteiger charge is -2.35. The number of hydrogen-bond acceptors (Lipinski definition) is 2. The third-order valence-electron chi connectivity index (χ3n) is 5.32. The molecule has 0 spiro atoms. The van der Waals surface area contributed by atoms with Gasteiger partial charge in [-0.1, -0.05) is 17.7 Å². The predicted molar refractivity (Wildman–Crippen MR) is 98.4 cm³/mol. The number of carbonyl (C=O) groups excluding carboxylic acids is 2. The average molecular weight is 382 g/mol. The highest BCUT2D eigenvalue weighted by molar-refractivity contribution is 6.31. The molecule has 7 heteroatoms. The first-order valence-corrected chi connectivity index (χ1v) is 9.57. The molecule has 5 nitrogen and oxygen atoms in total. The van der Waals surface area contributed by atoms with E-state index in [0.29, 0.717) is 36.5 Å². The van der Waals surface area contributed by atoms with Gasteiger partial charge in [-0.25, -0.2) is 9.18 Å². The molecule has 26 heavy (non-hydrogen) atoms. The molecular weight excluding hydrogens is 357 g/mol. The fourth-order valence-corrected chi connectivity index (χ4v) is 3.96. The van der Waals surface area contributed by atoms with E-state index in [9.17, 15) is 14.0 Å². The van der Waals surface area contributed by atoms with Crippen molar-refractivity contribution in [3.8, 4) is 0 Å². The molecule has 0 aromatic heterocycles. The highest BCUT2D eigenvalue weighted by Gasteiger charge is 2.31. The number of rotatable bonds is 3. The summed E-state index contributed by atoms with van der Waals surface area (Å²) in [7, 11) is 1.67. The van der Waals surface area contributed by atoms with Crippen molar-refractivity contribution in [1.82, 2.24) is 14.7 Å². The molecule has 0 atom stereocenters. The SMILES string of the molecule is CN(Cc1c(F)cccc1Cl)C(=O)C1CCN(C(=O)N2CCCC2)CC1. The number of amides is 3. The molecule has 0 saturated carbocycles. The van der Waals surface area contributed by atoms with E-state index in [1.807, 2.05) is 9.80 Å². The van der Waals surface area contributed by atoms with Crippen molar-refractivity contribution in [2.45, 2.75) is 32.2 Å². The van der Waals surface area contributed by atoms with Gasteiger partial charge in [-0.3, -0.25) is 4.79 Å². The summed E-state index contributed by atoms with van der Waals surface area (Å²) in [6, 6.07) is 4.62. The normalized spacial score (nSPS) is 18.3. The van der Waals surface area contributed by atoms with Gasteiger partial charge in [0.2, 0.25) is 5.91 Å². The van der Waals surface area contributed by atoms with Crippen LogP contribution in [0.2, 0.25) is 5.02 Å². The fraction of sp³-hybridized carbons (Fsp3) is 0.579. The second kappa shape index (κ2) is 8.25. The Labute approximate surface area is 158 Å². The summed E-state index contributed by atoms with van der Waals surface area (Å²) in [5.41, 5.74) is 0.340. The molecule has 0 radical (unpaired) electrons. The van der Waals surface area contributed by atoms with E-state index in [4.69, 9.17) is 11.6 Å². The predicted octanol–water partition coefficient (Wildman–Crippen LogP) is 3.37. The Morgan fingerprint density at radius 1 is 1.15 bits per heavy atom. The monoisotopic (exact) mass is 381 g/mol. The molecule has 0 unspecified atom stereocenters. The number of hydrogen-bond donors (Lipinski definition) is 0. The Morgan fingerprint density at radius 2 is 1.77 bits per heavy atom. The van der Waals surface area contributed by atoms with Crippen LogP contribution >= 0.6 is 11.6 Å². The van der Waals surface area contributed by atoms with E-state index in [1.54, 1.807) is 19.2 Å². The minimum Gasteiger partial charge on any atom is -0.341 e. The number of urea groups is 1. The van der Waals surface area contributed by atoms with Crippen LogP contribution < -0.4 is 0 Å². The van der Waals surface area contributed by atoms with Crippen LogP contribution in [-0.4, -0.2) is 59.9 Å². The number of halogens is 2. The summed E-state index contributed by atoms with van der Waals surface area (Å²) in [6.07, 6.45) is 3.44. The van der Waals surface area contributed by atoms with Crippen molar-refractivity contribution in [1.29, 1.82) is 0 Å². The van der Waals surface area contributed by atoms with E-state index in [-0.39, 0.29) is 24.4 Å². The first-order valence-electron chi connectivity index (χ1n) is 9.19. The van der Waals surface area contributed by atoms with E-state index < -0.39 is 5.82 Å². The van der Waals surface area contributed by atoms with Gasteiger partial charge in [0.15, 0.2) is 0 Å². The number of nitrogens with zero attached hydrogens (tertiary/aromatic N) is 3. The largest absolute Gasteiger partial charge is 0.341 e. The van der Waals surface area contributed by atoms with E-state index in [0.717, 1.165) is 25.9 Å². The molecule has 1 aromatic rings. The van der Waals surface area contributed by atoms with Gasteiger partial charge in [-0.15, -0.1) is 0 Å². The van der Waals surface area contributed by atoms with E-state index in [1.165, 1.54) is 11.0 Å². The van der Waals surface area contributed by atoms with E-state index >= 15 is 0 Å². The fourth-order valence-electron chi connectivity index (χ4n) is 3.74. The van der Waals surface area contributed by atoms with Crippen LogP contribution in [0, 0.1) is 11.7 Å². The lowest BCUT2D eigenvalue weighted by molar-refractivity contribution is -0.136. The van der Waals surface area contributed by atoms with Gasteiger partial charge in [0.1, 0.15) is 5.82 Å². The van der Waals surface area contributed by atoms with Crippen LogP contribution in [0.5, 0.6) is 0 Å². The van der Waals surface area contributed by atoms with Crippen molar-refractivity contribution < 1.29 is 14.0 Å². The topological polar surface area (TPSA) is 43.9 Å².